The molecule has 16 heavy (non-hydrogen) atoms. The zero-order valence-electron chi connectivity index (χ0n) is 11.0. The van der Waals surface area contributed by atoms with Crippen LogP contribution in [0.2, 0.25) is 0 Å². The van der Waals surface area contributed by atoms with Crippen molar-refractivity contribution in [3.63, 3.8) is 0 Å². The molecule has 0 aliphatic rings. The summed E-state index contributed by atoms with van der Waals surface area (Å²) in [7, 11) is 0. The van der Waals surface area contributed by atoms with Crippen LogP contribution in [-0.4, -0.2) is 15.8 Å². The fourth-order valence-corrected chi connectivity index (χ4v) is 2.34. The second-order valence-corrected chi connectivity index (χ2v) is 4.54. The van der Waals surface area contributed by atoms with Gasteiger partial charge in [-0.05, 0) is 25.8 Å². The van der Waals surface area contributed by atoms with Crippen LogP contribution in [-0.2, 0) is 13.0 Å². The maximum absolute atomic E-state index is 6.26. The molecule has 0 bridgehead atoms. The van der Waals surface area contributed by atoms with Gasteiger partial charge in [0.1, 0.15) is 0 Å². The van der Waals surface area contributed by atoms with E-state index in [9.17, 15) is 0 Å². The van der Waals surface area contributed by atoms with Crippen LogP contribution in [0.5, 0.6) is 0 Å². The monoisotopic (exact) mass is 223 g/mol. The minimum absolute atomic E-state index is 0.261. The van der Waals surface area contributed by atoms with E-state index in [1.807, 2.05) is 6.92 Å². The van der Waals surface area contributed by atoms with Gasteiger partial charge in [-0.3, -0.25) is 4.68 Å². The third-order valence-corrected chi connectivity index (χ3v) is 3.38. The molecule has 2 N–H and O–H groups in total. The minimum Gasteiger partial charge on any atom is -0.327 e. The average Bonchev–Trinajstić information content (AvgIpc) is 2.60. The largest absolute Gasteiger partial charge is 0.327 e. The number of aromatic nitrogens is 2. The van der Waals surface area contributed by atoms with Crippen molar-refractivity contribution in [1.29, 1.82) is 0 Å². The van der Waals surface area contributed by atoms with Gasteiger partial charge in [-0.15, -0.1) is 0 Å². The number of aryl methyl sites for hydroxylation is 2. The van der Waals surface area contributed by atoms with E-state index in [1.54, 1.807) is 0 Å². The smallest absolute Gasteiger partial charge is 0.0596 e. The molecule has 1 rings (SSSR count). The van der Waals surface area contributed by atoms with E-state index in [-0.39, 0.29) is 6.04 Å². The number of hydrogen-bond donors (Lipinski definition) is 1. The van der Waals surface area contributed by atoms with Gasteiger partial charge in [0.25, 0.3) is 0 Å². The van der Waals surface area contributed by atoms with Gasteiger partial charge in [-0.25, -0.2) is 0 Å². The number of rotatable bonds is 6. The molecule has 0 fully saturated rings. The lowest BCUT2D eigenvalue weighted by atomic mass is 9.91. The summed E-state index contributed by atoms with van der Waals surface area (Å²) in [5.41, 5.74) is 8.63. The van der Waals surface area contributed by atoms with Crippen LogP contribution in [0.25, 0.3) is 0 Å². The first kappa shape index (κ1) is 13.2. The van der Waals surface area contributed by atoms with Gasteiger partial charge in [0, 0.05) is 24.7 Å². The number of hydrogen-bond acceptors (Lipinski definition) is 2. The van der Waals surface area contributed by atoms with E-state index in [1.165, 1.54) is 5.69 Å². The molecule has 92 valence electrons. The molecule has 3 heteroatoms. The Morgan fingerprint density at radius 1 is 1.31 bits per heavy atom. The molecule has 0 aromatic carbocycles. The zero-order chi connectivity index (χ0) is 12.1. The third kappa shape index (κ3) is 3.08. The molecule has 0 amide bonds. The van der Waals surface area contributed by atoms with E-state index in [0.29, 0.717) is 5.92 Å². The van der Waals surface area contributed by atoms with Crippen LogP contribution >= 0.6 is 0 Å². The lowest BCUT2D eigenvalue weighted by Crippen LogP contribution is -2.32. The van der Waals surface area contributed by atoms with Crippen LogP contribution in [0.4, 0.5) is 0 Å². The molecule has 0 aliphatic carbocycles. The van der Waals surface area contributed by atoms with Crippen LogP contribution in [0.1, 0.15) is 45.0 Å². The molecule has 1 heterocycles. The van der Waals surface area contributed by atoms with E-state index >= 15 is 0 Å². The molecular formula is C13H25N3. The lowest BCUT2D eigenvalue weighted by Gasteiger charge is -2.21. The Morgan fingerprint density at radius 3 is 2.44 bits per heavy atom. The topological polar surface area (TPSA) is 43.8 Å². The number of nitrogens with two attached hydrogens (primary N) is 1. The molecule has 0 spiro atoms. The van der Waals surface area contributed by atoms with Crippen molar-refractivity contribution in [2.24, 2.45) is 11.7 Å². The Bertz CT molecular complexity index is 313. The summed E-state index contributed by atoms with van der Waals surface area (Å²) < 4.78 is 2.07. The van der Waals surface area contributed by atoms with Crippen molar-refractivity contribution in [3.05, 3.63) is 17.5 Å². The standard InChI is InChI=1S/C13H25N3/c1-5-11(6-2)13(14)9-12-8-10(4)15-16(12)7-3/h8,11,13H,5-7,9,14H2,1-4H3. The zero-order valence-corrected chi connectivity index (χ0v) is 11.0. The Morgan fingerprint density at radius 2 is 1.94 bits per heavy atom. The summed E-state index contributed by atoms with van der Waals surface area (Å²) in [6.45, 7) is 9.53. The van der Waals surface area contributed by atoms with E-state index < -0.39 is 0 Å². The van der Waals surface area contributed by atoms with Gasteiger partial charge >= 0.3 is 0 Å². The number of nitrogens with zero attached hydrogens (tertiary/aromatic N) is 2. The normalized spacial score (nSPS) is 13.4. The fourth-order valence-electron chi connectivity index (χ4n) is 2.34. The Hall–Kier alpha value is -0.830. The first-order valence-corrected chi connectivity index (χ1v) is 6.41. The van der Waals surface area contributed by atoms with Gasteiger partial charge in [0.05, 0.1) is 5.69 Å². The Labute approximate surface area is 99.0 Å². The van der Waals surface area contributed by atoms with E-state index in [0.717, 1.165) is 31.5 Å². The summed E-state index contributed by atoms with van der Waals surface area (Å²) in [5, 5.41) is 4.45. The third-order valence-electron chi connectivity index (χ3n) is 3.38. The van der Waals surface area contributed by atoms with Crippen molar-refractivity contribution < 1.29 is 0 Å². The van der Waals surface area contributed by atoms with Crippen molar-refractivity contribution in [2.45, 2.75) is 59.5 Å². The molecule has 0 aliphatic heterocycles. The summed E-state index contributed by atoms with van der Waals surface area (Å²) in [5.74, 6) is 0.625. The second kappa shape index (κ2) is 6.04. The van der Waals surface area contributed by atoms with Gasteiger partial charge in [0.2, 0.25) is 0 Å². The van der Waals surface area contributed by atoms with E-state index in [4.69, 9.17) is 5.73 Å². The van der Waals surface area contributed by atoms with Gasteiger partial charge < -0.3 is 5.73 Å². The highest BCUT2D eigenvalue weighted by Gasteiger charge is 2.16. The van der Waals surface area contributed by atoms with Crippen LogP contribution in [0.15, 0.2) is 6.07 Å². The highest BCUT2D eigenvalue weighted by Crippen LogP contribution is 2.16. The maximum atomic E-state index is 6.26. The SMILES string of the molecule is CCC(CC)C(N)Cc1cc(C)nn1CC. The molecule has 3 nitrogen and oxygen atoms in total. The molecule has 0 radical (unpaired) electrons. The van der Waals surface area contributed by atoms with Crippen molar-refractivity contribution in [3.8, 4) is 0 Å². The Kier molecular flexibility index (Phi) is 5.00. The maximum Gasteiger partial charge on any atom is 0.0596 e. The van der Waals surface area contributed by atoms with Crippen molar-refractivity contribution >= 4 is 0 Å². The Balaban J connectivity index is 2.71. The van der Waals surface area contributed by atoms with Crippen LogP contribution in [0.3, 0.4) is 0 Å². The molecule has 0 saturated carbocycles. The second-order valence-electron chi connectivity index (χ2n) is 4.54. The summed E-state index contributed by atoms with van der Waals surface area (Å²) in [6, 6.07) is 2.42. The molecule has 1 atom stereocenters. The first-order valence-electron chi connectivity index (χ1n) is 6.41. The predicted molar refractivity (Wildman–Crippen MR) is 68.4 cm³/mol. The van der Waals surface area contributed by atoms with Gasteiger partial charge in [0.15, 0.2) is 0 Å². The molecule has 0 saturated heterocycles. The molecule has 1 unspecified atom stereocenters. The summed E-state index contributed by atoms with van der Waals surface area (Å²) in [4.78, 5) is 0. The summed E-state index contributed by atoms with van der Waals surface area (Å²) in [6.07, 6.45) is 3.27. The summed E-state index contributed by atoms with van der Waals surface area (Å²) >= 11 is 0. The van der Waals surface area contributed by atoms with Crippen LogP contribution in [0, 0.1) is 12.8 Å². The lowest BCUT2D eigenvalue weighted by molar-refractivity contribution is 0.386. The quantitative estimate of drug-likeness (QED) is 0.805. The highest BCUT2D eigenvalue weighted by molar-refractivity contribution is 5.10. The predicted octanol–water partition coefficient (Wildman–Crippen LogP) is 2.52. The minimum atomic E-state index is 0.261. The fraction of sp³-hybridized carbons (Fsp3) is 0.769. The van der Waals surface area contributed by atoms with Gasteiger partial charge in [-0.2, -0.15) is 5.10 Å². The van der Waals surface area contributed by atoms with E-state index in [2.05, 4.69) is 36.6 Å². The molecular weight excluding hydrogens is 198 g/mol. The van der Waals surface area contributed by atoms with Crippen LogP contribution < -0.4 is 5.73 Å². The average molecular weight is 223 g/mol. The van der Waals surface area contributed by atoms with Crippen molar-refractivity contribution in [1.82, 2.24) is 9.78 Å². The first-order chi connectivity index (χ1) is 7.62. The van der Waals surface area contributed by atoms with Crippen molar-refractivity contribution in [2.75, 3.05) is 0 Å². The van der Waals surface area contributed by atoms with Gasteiger partial charge in [-0.1, -0.05) is 26.7 Å². The molecule has 1 aromatic heterocycles. The highest BCUT2D eigenvalue weighted by atomic mass is 15.3. The molecule has 1 aromatic rings.